The van der Waals surface area contributed by atoms with Gasteiger partial charge in [-0.1, -0.05) is 6.58 Å². The van der Waals surface area contributed by atoms with Crippen molar-refractivity contribution < 1.29 is 8.42 Å². The topological polar surface area (TPSA) is 46.2 Å². The third-order valence-electron chi connectivity index (χ3n) is 0.257. The van der Waals surface area contributed by atoms with E-state index in [1.165, 1.54) is 0 Å². The van der Waals surface area contributed by atoms with Crippen molar-refractivity contribution in [2.75, 3.05) is 0 Å². The highest BCUT2D eigenvalue weighted by molar-refractivity contribution is 7.71. The lowest BCUT2D eigenvalue weighted by molar-refractivity contribution is 0.627. The lowest BCUT2D eigenvalue weighted by atomic mass is 11.0. The van der Waals surface area contributed by atoms with Gasteiger partial charge in [0.05, 0.1) is 6.20 Å². The fourth-order valence-corrected chi connectivity index (χ4v) is 0.269. The summed E-state index contributed by atoms with van der Waals surface area (Å²) in [5, 5.41) is 2.15. The summed E-state index contributed by atoms with van der Waals surface area (Å²) < 4.78 is 19.1. The molecular weight excluding hydrogens is 114 g/mol. The molecule has 0 atom stereocenters. The van der Waals surface area contributed by atoms with Crippen LogP contribution in [0.5, 0.6) is 0 Å². The highest BCUT2D eigenvalue weighted by atomic mass is 32.2. The van der Waals surface area contributed by atoms with Crippen LogP contribution in [0.3, 0.4) is 0 Å². The number of rotatable bonds is 2. The number of nitrogens with one attached hydrogen (secondary N) is 1. The summed E-state index contributed by atoms with van der Waals surface area (Å²) in [6, 6.07) is 0. The Morgan fingerprint density at radius 3 is 2.43 bits per heavy atom. The summed E-state index contributed by atoms with van der Waals surface area (Å²) in [7, 11) is -2.15. The van der Waals surface area contributed by atoms with Crippen LogP contribution in [0.4, 0.5) is 0 Å². The van der Waals surface area contributed by atoms with Crippen LogP contribution in [0.2, 0.25) is 0 Å². The monoisotopic (exact) mass is 118 g/mol. The molecule has 0 unspecified atom stereocenters. The molecule has 0 fully saturated rings. The first kappa shape index (κ1) is 6.23. The minimum atomic E-state index is -2.15. The van der Waals surface area contributed by atoms with Crippen LogP contribution in [-0.2, 0) is 10.3 Å². The van der Waals surface area contributed by atoms with Crippen LogP contribution >= 0.6 is 0 Å². The van der Waals surface area contributed by atoms with Crippen molar-refractivity contribution in [3.8, 4) is 0 Å². The second kappa shape index (κ2) is 3.42. The first-order valence-electron chi connectivity index (χ1n) is 1.46. The van der Waals surface area contributed by atoms with E-state index in [4.69, 9.17) is 0 Å². The highest BCUT2D eigenvalue weighted by Gasteiger charge is 1.61. The van der Waals surface area contributed by atoms with Crippen LogP contribution in [0.1, 0.15) is 0 Å². The van der Waals surface area contributed by atoms with Gasteiger partial charge in [-0.3, -0.25) is 0 Å². The maximum atomic E-state index is 9.57. The first-order valence-corrected chi connectivity index (χ1v) is 2.60. The average Bonchev–Trinajstić information content (AvgIpc) is 1.61. The minimum Gasteiger partial charge on any atom is -0.348 e. The van der Waals surface area contributed by atoms with E-state index in [1.54, 1.807) is 0 Å². The van der Waals surface area contributed by atoms with E-state index in [1.807, 2.05) is 0 Å². The largest absolute Gasteiger partial charge is 0.348 e. The van der Waals surface area contributed by atoms with E-state index in [0.717, 1.165) is 5.49 Å². The van der Waals surface area contributed by atoms with Crippen molar-refractivity contribution in [3.63, 3.8) is 0 Å². The minimum absolute atomic E-state index is 0.840. The molecule has 0 aromatic carbocycles. The quantitative estimate of drug-likeness (QED) is 0.380. The molecule has 1 N–H and O–H groups in total. The molecule has 0 saturated carbocycles. The molecule has 1 radical (unpaired) electrons. The fourth-order valence-electron chi connectivity index (χ4n) is 0.0898. The van der Waals surface area contributed by atoms with E-state index >= 15 is 0 Å². The van der Waals surface area contributed by atoms with Crippen LogP contribution < -0.4 is 5.32 Å². The van der Waals surface area contributed by atoms with Gasteiger partial charge in [0.25, 0.3) is 0 Å². The molecule has 7 heavy (non-hydrogen) atoms. The van der Waals surface area contributed by atoms with Crippen LogP contribution in [-0.4, -0.2) is 13.9 Å². The van der Waals surface area contributed by atoms with Crippen LogP contribution in [0.15, 0.2) is 6.58 Å². The molecule has 0 aliphatic rings. The van der Waals surface area contributed by atoms with Crippen LogP contribution in [0, 0.1) is 6.20 Å². The van der Waals surface area contributed by atoms with Gasteiger partial charge in [0.2, 0.25) is 10.3 Å². The van der Waals surface area contributed by atoms with Crippen molar-refractivity contribution in [1.29, 1.82) is 0 Å². The lowest BCUT2D eigenvalue weighted by Gasteiger charge is -1.72. The summed E-state index contributed by atoms with van der Waals surface area (Å²) in [6.45, 7) is 3.09. The predicted molar refractivity (Wildman–Crippen MR) is 27.0 cm³/mol. The summed E-state index contributed by atoms with van der Waals surface area (Å²) >= 11 is 0. The van der Waals surface area contributed by atoms with Gasteiger partial charge in [-0.15, -0.1) is 0 Å². The van der Waals surface area contributed by atoms with Crippen molar-refractivity contribution in [1.82, 2.24) is 5.32 Å². The molecule has 3 nitrogen and oxygen atoms in total. The molecule has 0 spiro atoms. The van der Waals surface area contributed by atoms with Gasteiger partial charge in [-0.2, -0.15) is 8.42 Å². The lowest BCUT2D eigenvalue weighted by Crippen LogP contribution is -1.99. The molecule has 0 rings (SSSR count). The van der Waals surface area contributed by atoms with Crippen molar-refractivity contribution in [2.24, 2.45) is 0 Å². The van der Waals surface area contributed by atoms with Gasteiger partial charge < -0.3 is 5.32 Å². The third kappa shape index (κ3) is 5.23. The van der Waals surface area contributed by atoms with Gasteiger partial charge >= 0.3 is 0 Å². The third-order valence-corrected chi connectivity index (χ3v) is 0.568. The summed E-state index contributed by atoms with van der Waals surface area (Å²) in [4.78, 5) is 0. The van der Waals surface area contributed by atoms with Gasteiger partial charge in [0.1, 0.15) is 5.49 Å². The summed E-state index contributed by atoms with van der Waals surface area (Å²) in [6.07, 6.45) is 2.15. The Morgan fingerprint density at radius 1 is 1.71 bits per heavy atom. The smallest absolute Gasteiger partial charge is 0.230 e. The predicted octanol–water partition coefficient (Wildman–Crippen LogP) is -0.839. The molecule has 4 heteroatoms. The normalized spacial score (nSPS) is 6.86. The molecule has 0 aromatic heterocycles. The van der Waals surface area contributed by atoms with Crippen molar-refractivity contribution in [3.05, 3.63) is 12.8 Å². The summed E-state index contributed by atoms with van der Waals surface area (Å²) in [5.74, 6) is 0. The Morgan fingerprint density at radius 2 is 2.29 bits per heavy atom. The fraction of sp³-hybridized carbons (Fsp3) is 0. The second-order valence-corrected chi connectivity index (χ2v) is 1.46. The maximum Gasteiger partial charge on any atom is 0.230 e. The number of hydrogen-bond donors (Lipinski definition) is 1. The second-order valence-electron chi connectivity index (χ2n) is 0.699. The van der Waals surface area contributed by atoms with Crippen molar-refractivity contribution in [2.45, 2.75) is 0 Å². The Hall–Kier alpha value is -0.770. The zero-order chi connectivity index (χ0) is 5.70. The van der Waals surface area contributed by atoms with E-state index in [0.29, 0.717) is 0 Å². The molecule has 39 valence electrons. The zero-order valence-corrected chi connectivity index (χ0v) is 4.33. The Bertz CT molecular complexity index is 159. The van der Waals surface area contributed by atoms with Gasteiger partial charge in [0.15, 0.2) is 0 Å². The standard InChI is InChI=1S/C3H4NO2S/c1-2-4-3-7(5)6/h3-4H,1H2. The Kier molecular flexibility index (Phi) is 3.04. The molecule has 0 heterocycles. The first-order chi connectivity index (χ1) is 3.27. The van der Waals surface area contributed by atoms with Crippen LogP contribution in [0.25, 0.3) is 0 Å². The molecule has 0 aliphatic heterocycles. The molecule has 0 amide bonds. The van der Waals surface area contributed by atoms with E-state index in [2.05, 4.69) is 18.1 Å². The van der Waals surface area contributed by atoms with E-state index in [9.17, 15) is 8.42 Å². The average molecular weight is 118 g/mol. The highest BCUT2D eigenvalue weighted by Crippen LogP contribution is 1.38. The molecule has 0 saturated heterocycles. The van der Waals surface area contributed by atoms with E-state index < -0.39 is 10.3 Å². The molecule has 0 bridgehead atoms. The molecular formula is C3H4NO2S. The zero-order valence-electron chi connectivity index (χ0n) is 3.51. The van der Waals surface area contributed by atoms with Gasteiger partial charge in [-0.25, -0.2) is 0 Å². The molecule has 0 aromatic rings. The van der Waals surface area contributed by atoms with Gasteiger partial charge in [-0.05, 0) is 0 Å². The van der Waals surface area contributed by atoms with Crippen molar-refractivity contribution >= 4 is 15.8 Å². The SMILES string of the molecule is C=[C]NC=S(=O)=O. The molecule has 0 aliphatic carbocycles. The van der Waals surface area contributed by atoms with E-state index in [-0.39, 0.29) is 0 Å². The van der Waals surface area contributed by atoms with Gasteiger partial charge in [0, 0.05) is 0 Å². The Labute approximate surface area is 43.2 Å². The Balaban J connectivity index is 3.71. The number of hydrogen-bond acceptors (Lipinski definition) is 2. The maximum absolute atomic E-state index is 9.57. The summed E-state index contributed by atoms with van der Waals surface area (Å²) in [5.41, 5.74) is 0.840.